The van der Waals surface area contributed by atoms with Crippen molar-refractivity contribution < 1.29 is 19.1 Å². The third kappa shape index (κ3) is 3.88. The monoisotopic (exact) mass is 428 g/mol. The van der Waals surface area contributed by atoms with Gasteiger partial charge in [0.1, 0.15) is 12.3 Å². The molecule has 3 rings (SSSR count). The van der Waals surface area contributed by atoms with E-state index in [2.05, 4.69) is 27.8 Å². The van der Waals surface area contributed by atoms with E-state index in [1.807, 2.05) is 6.07 Å². The topological polar surface area (TPSA) is 67.9 Å². The number of urea groups is 1. The van der Waals surface area contributed by atoms with Crippen molar-refractivity contribution in [3.05, 3.63) is 70.9 Å². The molecule has 1 heterocycles. The highest BCUT2D eigenvalue weighted by Crippen LogP contribution is 2.37. The van der Waals surface area contributed by atoms with Crippen LogP contribution in [0.15, 0.2) is 65.3 Å². The van der Waals surface area contributed by atoms with Gasteiger partial charge in [-0.1, -0.05) is 30.9 Å². The molecule has 0 aliphatic carbocycles. The third-order valence-corrected chi connectivity index (χ3v) is 4.39. The van der Waals surface area contributed by atoms with Crippen LogP contribution in [0.1, 0.15) is 5.56 Å². The van der Waals surface area contributed by atoms with Crippen molar-refractivity contribution in [3.63, 3.8) is 0 Å². The van der Waals surface area contributed by atoms with Gasteiger partial charge >= 0.3 is 6.03 Å². The van der Waals surface area contributed by atoms with Gasteiger partial charge in [-0.2, -0.15) is 0 Å². The second-order valence-corrected chi connectivity index (χ2v) is 6.45. The lowest BCUT2D eigenvalue weighted by atomic mass is 10.1. The molecule has 0 aromatic heterocycles. The molecule has 6 nitrogen and oxygen atoms in total. The molecule has 2 aromatic carbocycles. The lowest BCUT2D eigenvalue weighted by molar-refractivity contribution is -0.113. The molecule has 1 fully saturated rings. The van der Waals surface area contributed by atoms with E-state index in [0.717, 1.165) is 4.90 Å². The van der Waals surface area contributed by atoms with E-state index in [9.17, 15) is 9.59 Å². The van der Waals surface area contributed by atoms with E-state index < -0.39 is 11.9 Å². The lowest BCUT2D eigenvalue weighted by Gasteiger charge is -2.12. The molecule has 7 heteroatoms. The minimum absolute atomic E-state index is 0.178. The van der Waals surface area contributed by atoms with Gasteiger partial charge in [0.25, 0.3) is 5.91 Å². The number of rotatable bonds is 6. The number of carbonyl (C=O) groups is 2. The van der Waals surface area contributed by atoms with E-state index in [1.54, 1.807) is 48.6 Å². The average molecular weight is 429 g/mol. The Hall–Kier alpha value is -3.06. The number of hydrogen-bond donors (Lipinski definition) is 1. The van der Waals surface area contributed by atoms with E-state index in [-0.39, 0.29) is 5.70 Å². The van der Waals surface area contributed by atoms with Crippen LogP contribution < -0.4 is 19.7 Å². The predicted molar refractivity (Wildman–Crippen MR) is 107 cm³/mol. The summed E-state index contributed by atoms with van der Waals surface area (Å²) in [5.41, 5.74) is 1.36. The summed E-state index contributed by atoms with van der Waals surface area (Å²) in [4.78, 5) is 26.0. The van der Waals surface area contributed by atoms with E-state index in [4.69, 9.17) is 9.47 Å². The molecular weight excluding hydrogens is 412 g/mol. The number of amides is 3. The average Bonchev–Trinajstić information content (AvgIpc) is 2.94. The fourth-order valence-electron chi connectivity index (χ4n) is 2.62. The Bertz CT molecular complexity index is 925. The zero-order chi connectivity index (χ0) is 19.4. The highest BCUT2D eigenvalue weighted by Gasteiger charge is 2.34. The van der Waals surface area contributed by atoms with Gasteiger partial charge < -0.3 is 14.8 Å². The van der Waals surface area contributed by atoms with Crippen LogP contribution in [-0.4, -0.2) is 25.7 Å². The summed E-state index contributed by atoms with van der Waals surface area (Å²) in [6, 6.07) is 11.8. The SMILES string of the molecule is C=CCOc1c(Br)cc(C=C2NC(=O)N(c3ccccc3)C2=O)cc1OC. The van der Waals surface area contributed by atoms with Crippen molar-refractivity contribution in [2.24, 2.45) is 0 Å². The first kappa shape index (κ1) is 18.7. The minimum Gasteiger partial charge on any atom is -0.493 e. The van der Waals surface area contributed by atoms with Crippen molar-refractivity contribution in [2.45, 2.75) is 0 Å². The highest BCUT2D eigenvalue weighted by molar-refractivity contribution is 9.10. The molecule has 1 aliphatic rings. The number of carbonyl (C=O) groups excluding carboxylic acids is 2. The number of imide groups is 1. The number of nitrogens with zero attached hydrogens (tertiary/aromatic N) is 1. The highest BCUT2D eigenvalue weighted by atomic mass is 79.9. The van der Waals surface area contributed by atoms with Gasteiger partial charge in [0.15, 0.2) is 11.5 Å². The van der Waals surface area contributed by atoms with E-state index >= 15 is 0 Å². The van der Waals surface area contributed by atoms with Gasteiger partial charge in [-0.15, -0.1) is 0 Å². The maximum atomic E-state index is 12.7. The largest absolute Gasteiger partial charge is 0.493 e. The maximum Gasteiger partial charge on any atom is 0.333 e. The minimum atomic E-state index is -0.491. The molecule has 2 aromatic rings. The molecule has 0 atom stereocenters. The molecule has 138 valence electrons. The maximum absolute atomic E-state index is 12.7. The zero-order valence-electron chi connectivity index (χ0n) is 14.6. The van der Waals surface area contributed by atoms with E-state index in [1.165, 1.54) is 7.11 Å². The fourth-order valence-corrected chi connectivity index (χ4v) is 3.19. The molecule has 27 heavy (non-hydrogen) atoms. The molecule has 0 bridgehead atoms. The standard InChI is InChI=1S/C20H17BrN2O4/c1-3-9-27-18-15(21)10-13(12-17(18)26-2)11-16-19(24)23(20(25)22-16)14-7-5-4-6-8-14/h3-8,10-12H,1,9H2,2H3,(H,22,25). The fraction of sp³-hybridized carbons (Fsp3) is 0.100. The Morgan fingerprint density at radius 3 is 2.63 bits per heavy atom. The molecule has 0 radical (unpaired) electrons. The second-order valence-electron chi connectivity index (χ2n) is 5.60. The van der Waals surface area contributed by atoms with Crippen molar-refractivity contribution >= 4 is 39.6 Å². The van der Waals surface area contributed by atoms with Crippen LogP contribution in [0, 0.1) is 0 Å². The number of anilines is 1. The Morgan fingerprint density at radius 2 is 1.96 bits per heavy atom. The molecular formula is C20H17BrN2O4. The van der Waals surface area contributed by atoms with E-state index in [0.29, 0.717) is 33.8 Å². The Kier molecular flexibility index (Phi) is 5.61. The van der Waals surface area contributed by atoms with Crippen LogP contribution in [0.5, 0.6) is 11.5 Å². The number of halogens is 1. The van der Waals surface area contributed by atoms with Crippen LogP contribution in [0.2, 0.25) is 0 Å². The first-order chi connectivity index (χ1) is 13.0. The van der Waals surface area contributed by atoms with Crippen molar-refractivity contribution in [1.82, 2.24) is 5.32 Å². The van der Waals surface area contributed by atoms with Gasteiger partial charge in [0.05, 0.1) is 17.3 Å². The number of para-hydroxylation sites is 1. The predicted octanol–water partition coefficient (Wildman–Crippen LogP) is 4.12. The van der Waals surface area contributed by atoms with Crippen LogP contribution in [0.4, 0.5) is 10.5 Å². The first-order valence-electron chi connectivity index (χ1n) is 8.08. The molecule has 1 saturated heterocycles. The summed E-state index contributed by atoms with van der Waals surface area (Å²) in [5, 5.41) is 2.60. The number of methoxy groups -OCH3 is 1. The smallest absolute Gasteiger partial charge is 0.333 e. The molecule has 1 N–H and O–H groups in total. The molecule has 3 amide bonds. The normalized spacial score (nSPS) is 15.0. The summed E-state index contributed by atoms with van der Waals surface area (Å²) < 4.78 is 11.6. The number of nitrogens with one attached hydrogen (secondary N) is 1. The summed E-state index contributed by atoms with van der Waals surface area (Å²) in [7, 11) is 1.53. The second kappa shape index (κ2) is 8.09. The number of benzene rings is 2. The molecule has 1 aliphatic heterocycles. The van der Waals surface area contributed by atoms with Gasteiger partial charge in [-0.3, -0.25) is 4.79 Å². The van der Waals surface area contributed by atoms with Crippen molar-refractivity contribution in [3.8, 4) is 11.5 Å². The molecule has 0 spiro atoms. The van der Waals surface area contributed by atoms with Crippen molar-refractivity contribution in [2.75, 3.05) is 18.6 Å². The summed E-state index contributed by atoms with van der Waals surface area (Å²) in [6.45, 7) is 3.95. The zero-order valence-corrected chi connectivity index (χ0v) is 16.2. The van der Waals surface area contributed by atoms with Crippen LogP contribution in [0.3, 0.4) is 0 Å². The van der Waals surface area contributed by atoms with Crippen molar-refractivity contribution in [1.29, 1.82) is 0 Å². The summed E-state index contributed by atoms with van der Waals surface area (Å²) >= 11 is 3.44. The lowest BCUT2D eigenvalue weighted by Crippen LogP contribution is -2.30. The molecule has 0 unspecified atom stereocenters. The van der Waals surface area contributed by atoms with Gasteiger partial charge in [0.2, 0.25) is 0 Å². The van der Waals surface area contributed by atoms with Crippen LogP contribution >= 0.6 is 15.9 Å². The Labute approximate surface area is 165 Å². The Morgan fingerprint density at radius 1 is 1.22 bits per heavy atom. The quantitative estimate of drug-likeness (QED) is 0.426. The third-order valence-electron chi connectivity index (χ3n) is 3.80. The first-order valence-corrected chi connectivity index (χ1v) is 8.88. The summed E-state index contributed by atoms with van der Waals surface area (Å²) in [5.74, 6) is 0.607. The van der Waals surface area contributed by atoms with Gasteiger partial charge in [-0.25, -0.2) is 9.69 Å². The number of hydrogen-bond acceptors (Lipinski definition) is 4. The van der Waals surface area contributed by atoms with Gasteiger partial charge in [0, 0.05) is 0 Å². The van der Waals surface area contributed by atoms with Crippen LogP contribution in [-0.2, 0) is 4.79 Å². The van der Waals surface area contributed by atoms with Crippen LogP contribution in [0.25, 0.3) is 6.08 Å². The summed E-state index contributed by atoms with van der Waals surface area (Å²) in [6.07, 6.45) is 3.22. The molecule has 0 saturated carbocycles. The number of ether oxygens (including phenoxy) is 2. The van der Waals surface area contributed by atoms with Gasteiger partial charge in [-0.05, 0) is 51.8 Å². The Balaban J connectivity index is 1.93.